The monoisotopic (exact) mass is 241 g/mol. The molecule has 0 bridgehead atoms. The predicted octanol–water partition coefficient (Wildman–Crippen LogP) is 1.33. The van der Waals surface area contributed by atoms with E-state index in [1.165, 1.54) is 0 Å². The van der Waals surface area contributed by atoms with E-state index in [4.69, 9.17) is 5.84 Å². The number of aromatic nitrogens is 1. The first kappa shape index (κ1) is 12.9. The highest BCUT2D eigenvalue weighted by Crippen LogP contribution is 2.16. The molecule has 90 valence electrons. The van der Waals surface area contributed by atoms with Crippen molar-refractivity contribution in [1.82, 2.24) is 15.7 Å². The second-order valence-electron chi connectivity index (χ2n) is 3.57. The number of hydrogen-bond donors (Lipinski definition) is 3. The van der Waals surface area contributed by atoms with Gasteiger partial charge in [0.15, 0.2) is 0 Å². The van der Waals surface area contributed by atoms with Gasteiger partial charge in [0.05, 0.1) is 6.04 Å². The second kappa shape index (κ2) is 6.44. The third-order valence-corrected chi connectivity index (χ3v) is 3.14. The molecule has 5 nitrogen and oxygen atoms in total. The van der Waals surface area contributed by atoms with Gasteiger partial charge in [0.2, 0.25) is 5.96 Å². The van der Waals surface area contributed by atoms with Crippen LogP contribution in [0.3, 0.4) is 0 Å². The molecular formula is C10H19N5S. The molecule has 1 aromatic rings. The van der Waals surface area contributed by atoms with Gasteiger partial charge in [0.25, 0.3) is 0 Å². The first-order valence-electron chi connectivity index (χ1n) is 5.37. The summed E-state index contributed by atoms with van der Waals surface area (Å²) in [7, 11) is 0. The zero-order chi connectivity index (χ0) is 12.0. The molecule has 0 aromatic carbocycles. The fraction of sp³-hybridized carbons (Fsp3) is 0.600. The molecular weight excluding hydrogens is 222 g/mol. The van der Waals surface area contributed by atoms with Crippen LogP contribution in [0.4, 0.5) is 0 Å². The maximum atomic E-state index is 5.38. The molecule has 16 heavy (non-hydrogen) atoms. The molecule has 0 fully saturated rings. The van der Waals surface area contributed by atoms with E-state index >= 15 is 0 Å². The summed E-state index contributed by atoms with van der Waals surface area (Å²) in [6, 6.07) is 0.116. The Morgan fingerprint density at radius 1 is 1.69 bits per heavy atom. The predicted molar refractivity (Wildman–Crippen MR) is 68.3 cm³/mol. The first-order valence-corrected chi connectivity index (χ1v) is 6.25. The van der Waals surface area contributed by atoms with Gasteiger partial charge in [0.1, 0.15) is 5.01 Å². The highest BCUT2D eigenvalue weighted by atomic mass is 32.1. The minimum Gasteiger partial charge on any atom is -0.346 e. The summed E-state index contributed by atoms with van der Waals surface area (Å²) in [4.78, 5) is 8.69. The molecule has 4 N–H and O–H groups in total. The molecule has 0 aliphatic carbocycles. The van der Waals surface area contributed by atoms with Crippen molar-refractivity contribution in [3.05, 3.63) is 16.1 Å². The van der Waals surface area contributed by atoms with Crippen molar-refractivity contribution in [3.8, 4) is 0 Å². The highest BCUT2D eigenvalue weighted by Gasteiger charge is 2.10. The summed E-state index contributed by atoms with van der Waals surface area (Å²) in [6.45, 7) is 6.86. The molecule has 0 amide bonds. The summed E-state index contributed by atoms with van der Waals surface area (Å²) in [5, 5.41) is 6.27. The maximum absolute atomic E-state index is 5.38. The van der Waals surface area contributed by atoms with Crippen LogP contribution < -0.4 is 16.6 Å². The van der Waals surface area contributed by atoms with Gasteiger partial charge in [-0.15, -0.1) is 11.3 Å². The van der Waals surface area contributed by atoms with E-state index in [-0.39, 0.29) is 6.04 Å². The molecule has 1 aromatic heterocycles. The fourth-order valence-electron chi connectivity index (χ4n) is 1.19. The summed E-state index contributed by atoms with van der Waals surface area (Å²) in [5.41, 5.74) is 3.60. The number of rotatable bonds is 4. The zero-order valence-electron chi connectivity index (χ0n) is 9.95. The van der Waals surface area contributed by atoms with Crippen LogP contribution in [-0.2, 0) is 0 Å². The van der Waals surface area contributed by atoms with Gasteiger partial charge in [-0.25, -0.2) is 10.8 Å². The average Bonchev–Trinajstić information content (AvgIpc) is 2.70. The van der Waals surface area contributed by atoms with Crippen molar-refractivity contribution >= 4 is 17.3 Å². The SMILES string of the molecule is CCCN=C(NN)NC(C)c1nc(C)cs1. The van der Waals surface area contributed by atoms with Crippen LogP contribution in [0.2, 0.25) is 0 Å². The van der Waals surface area contributed by atoms with Crippen molar-refractivity contribution in [2.75, 3.05) is 6.54 Å². The highest BCUT2D eigenvalue weighted by molar-refractivity contribution is 7.09. The number of guanidine groups is 1. The Bertz CT molecular complexity index is 347. The molecule has 6 heteroatoms. The normalized spacial score (nSPS) is 13.6. The number of nitrogens with one attached hydrogen (secondary N) is 2. The topological polar surface area (TPSA) is 75.3 Å². The number of aliphatic imine (C=N–C) groups is 1. The van der Waals surface area contributed by atoms with E-state index in [0.717, 1.165) is 23.7 Å². The Kier molecular flexibility index (Phi) is 5.21. The van der Waals surface area contributed by atoms with Gasteiger partial charge in [0, 0.05) is 17.6 Å². The third kappa shape index (κ3) is 3.79. The van der Waals surface area contributed by atoms with Gasteiger partial charge < -0.3 is 5.32 Å². The van der Waals surface area contributed by atoms with Crippen LogP contribution in [0.5, 0.6) is 0 Å². The molecule has 1 atom stereocenters. The Labute approximate surface area is 100 Å². The number of aryl methyl sites for hydroxylation is 1. The molecule has 0 aliphatic rings. The quantitative estimate of drug-likeness (QED) is 0.322. The van der Waals surface area contributed by atoms with E-state index in [9.17, 15) is 0 Å². The molecule has 0 saturated heterocycles. The van der Waals surface area contributed by atoms with Crippen molar-refractivity contribution in [2.24, 2.45) is 10.8 Å². The van der Waals surface area contributed by atoms with Crippen LogP contribution in [0.1, 0.15) is 37.0 Å². The van der Waals surface area contributed by atoms with Crippen molar-refractivity contribution < 1.29 is 0 Å². The van der Waals surface area contributed by atoms with Gasteiger partial charge in [-0.05, 0) is 20.3 Å². The first-order chi connectivity index (χ1) is 7.67. The molecule has 1 rings (SSSR count). The van der Waals surface area contributed by atoms with Gasteiger partial charge >= 0.3 is 0 Å². The standard InChI is InChI=1S/C10H19N5S/c1-4-5-12-10(15-11)14-8(3)9-13-7(2)6-16-9/h6,8H,4-5,11H2,1-3H3,(H2,12,14,15). The summed E-state index contributed by atoms with van der Waals surface area (Å²) >= 11 is 1.64. The minimum atomic E-state index is 0.116. The molecule has 1 unspecified atom stereocenters. The van der Waals surface area contributed by atoms with Crippen LogP contribution >= 0.6 is 11.3 Å². The lowest BCUT2D eigenvalue weighted by atomic mass is 10.3. The van der Waals surface area contributed by atoms with E-state index in [1.807, 2.05) is 19.2 Å². The Balaban J connectivity index is 2.58. The van der Waals surface area contributed by atoms with E-state index in [0.29, 0.717) is 5.96 Å². The molecule has 0 radical (unpaired) electrons. The molecule has 0 spiro atoms. The number of nitrogens with two attached hydrogens (primary N) is 1. The van der Waals surface area contributed by atoms with Crippen molar-refractivity contribution in [3.63, 3.8) is 0 Å². The van der Waals surface area contributed by atoms with Crippen LogP contribution in [0, 0.1) is 6.92 Å². The van der Waals surface area contributed by atoms with E-state index < -0.39 is 0 Å². The van der Waals surface area contributed by atoms with Crippen molar-refractivity contribution in [1.29, 1.82) is 0 Å². The van der Waals surface area contributed by atoms with Crippen molar-refractivity contribution in [2.45, 2.75) is 33.2 Å². The maximum Gasteiger partial charge on any atom is 0.206 e. The molecule has 0 aliphatic heterocycles. The summed E-state index contributed by atoms with van der Waals surface area (Å²) < 4.78 is 0. The Morgan fingerprint density at radius 3 is 2.94 bits per heavy atom. The third-order valence-electron chi connectivity index (χ3n) is 1.99. The molecule has 0 saturated carbocycles. The number of hydrogen-bond acceptors (Lipinski definition) is 4. The van der Waals surface area contributed by atoms with Gasteiger partial charge in [-0.3, -0.25) is 10.4 Å². The van der Waals surface area contributed by atoms with Gasteiger partial charge in [-0.1, -0.05) is 6.92 Å². The molecule has 1 heterocycles. The largest absolute Gasteiger partial charge is 0.346 e. The summed E-state index contributed by atoms with van der Waals surface area (Å²) in [6.07, 6.45) is 0.998. The lowest BCUT2D eigenvalue weighted by Crippen LogP contribution is -2.42. The second-order valence-corrected chi connectivity index (χ2v) is 4.46. The zero-order valence-corrected chi connectivity index (χ0v) is 10.8. The number of hydrazine groups is 1. The lowest BCUT2D eigenvalue weighted by molar-refractivity contribution is 0.680. The smallest absolute Gasteiger partial charge is 0.206 e. The fourth-order valence-corrected chi connectivity index (χ4v) is 2.00. The number of thiazole rings is 1. The average molecular weight is 241 g/mol. The summed E-state index contributed by atoms with van der Waals surface area (Å²) in [5.74, 6) is 6.00. The van der Waals surface area contributed by atoms with Crippen LogP contribution in [0.15, 0.2) is 10.4 Å². The van der Waals surface area contributed by atoms with Crippen LogP contribution in [-0.4, -0.2) is 17.5 Å². The Morgan fingerprint density at radius 2 is 2.44 bits per heavy atom. The minimum absolute atomic E-state index is 0.116. The lowest BCUT2D eigenvalue weighted by Gasteiger charge is -2.14. The van der Waals surface area contributed by atoms with Crippen LogP contribution in [0.25, 0.3) is 0 Å². The van der Waals surface area contributed by atoms with Gasteiger partial charge in [-0.2, -0.15) is 0 Å². The van der Waals surface area contributed by atoms with E-state index in [1.54, 1.807) is 11.3 Å². The van der Waals surface area contributed by atoms with E-state index in [2.05, 4.69) is 27.6 Å². The number of nitrogens with zero attached hydrogens (tertiary/aromatic N) is 2. The Hall–Kier alpha value is -1.14.